The van der Waals surface area contributed by atoms with E-state index < -0.39 is 0 Å². The van der Waals surface area contributed by atoms with Crippen LogP contribution in [0.15, 0.2) is 0 Å². The fourth-order valence-electron chi connectivity index (χ4n) is 4.12. The van der Waals surface area contributed by atoms with Crippen molar-refractivity contribution in [3.8, 4) is 0 Å². The number of amides is 2. The molecule has 3 fully saturated rings. The molecule has 2 aliphatic carbocycles. The highest BCUT2D eigenvalue weighted by Gasteiger charge is 2.32. The first-order valence-electron chi connectivity index (χ1n) is 10.5. The first-order chi connectivity index (χ1) is 12.4. The maximum atomic E-state index is 12.6. The fourth-order valence-corrected chi connectivity index (χ4v) is 4.12. The van der Waals surface area contributed by atoms with Gasteiger partial charge in [0.1, 0.15) is 0 Å². The number of carbonyl (C=O) groups is 2. The predicted octanol–water partition coefficient (Wildman–Crippen LogP) is 1.35. The second-order valence-corrected chi connectivity index (χ2v) is 8.67. The van der Waals surface area contributed by atoms with Gasteiger partial charge in [0.25, 0.3) is 0 Å². The molecule has 2 amide bonds. The zero-order valence-electron chi connectivity index (χ0n) is 16.7. The zero-order chi connectivity index (χ0) is 18.7. The van der Waals surface area contributed by atoms with Crippen molar-refractivity contribution in [2.75, 3.05) is 26.2 Å². The summed E-state index contributed by atoms with van der Waals surface area (Å²) in [5, 5.41) is 6.35. The molecule has 0 aromatic rings. The molecule has 1 saturated heterocycles. The molecule has 2 N–H and O–H groups in total. The van der Waals surface area contributed by atoms with Crippen LogP contribution in [0.25, 0.3) is 0 Å². The number of hydrogen-bond donors (Lipinski definition) is 2. The third-order valence-electron chi connectivity index (χ3n) is 6.49. The van der Waals surface area contributed by atoms with Crippen LogP contribution in [0.2, 0.25) is 0 Å². The molecule has 6 nitrogen and oxygen atoms in total. The van der Waals surface area contributed by atoms with Gasteiger partial charge in [0, 0.05) is 38.3 Å². The van der Waals surface area contributed by atoms with Crippen molar-refractivity contribution in [3.05, 3.63) is 0 Å². The van der Waals surface area contributed by atoms with Crippen LogP contribution in [0, 0.1) is 5.92 Å². The molecule has 26 heavy (non-hydrogen) atoms. The Balaban J connectivity index is 1.40. The van der Waals surface area contributed by atoms with Crippen molar-refractivity contribution < 1.29 is 9.59 Å². The van der Waals surface area contributed by atoms with Crippen LogP contribution in [0.3, 0.4) is 0 Å². The molecule has 0 radical (unpaired) electrons. The summed E-state index contributed by atoms with van der Waals surface area (Å²) in [4.78, 5) is 29.3. The number of rotatable bonds is 6. The molecular weight excluding hydrogens is 328 g/mol. The standard InChI is InChI=1S/C20H36N4O2/c1-14-4-6-17(7-5-14)21-19(25)15(2)23-10-12-24(13-11-23)16(3)20(26)22-18-8-9-18/h14-18H,4-13H2,1-3H3,(H,21,25)(H,22,26). The highest BCUT2D eigenvalue weighted by molar-refractivity contribution is 5.82. The minimum Gasteiger partial charge on any atom is -0.352 e. The van der Waals surface area contributed by atoms with Gasteiger partial charge in [-0.3, -0.25) is 19.4 Å². The Kier molecular flexibility index (Phi) is 6.56. The van der Waals surface area contributed by atoms with Crippen LogP contribution in [0.5, 0.6) is 0 Å². The van der Waals surface area contributed by atoms with E-state index in [0.29, 0.717) is 12.1 Å². The number of nitrogens with one attached hydrogen (secondary N) is 2. The van der Waals surface area contributed by atoms with Gasteiger partial charge in [0.15, 0.2) is 0 Å². The van der Waals surface area contributed by atoms with Crippen molar-refractivity contribution in [2.24, 2.45) is 5.92 Å². The first kappa shape index (κ1) is 19.6. The summed E-state index contributed by atoms with van der Waals surface area (Å²) in [5.41, 5.74) is 0. The van der Waals surface area contributed by atoms with Crippen LogP contribution in [-0.2, 0) is 9.59 Å². The molecule has 2 saturated carbocycles. The lowest BCUT2D eigenvalue weighted by Gasteiger charge is -2.40. The highest BCUT2D eigenvalue weighted by Crippen LogP contribution is 2.23. The summed E-state index contributed by atoms with van der Waals surface area (Å²) >= 11 is 0. The van der Waals surface area contributed by atoms with Gasteiger partial charge in [-0.15, -0.1) is 0 Å². The molecule has 0 spiro atoms. The number of piperazine rings is 1. The third kappa shape index (κ3) is 5.19. The van der Waals surface area contributed by atoms with Crippen LogP contribution < -0.4 is 10.6 Å². The zero-order valence-corrected chi connectivity index (χ0v) is 16.7. The average Bonchev–Trinajstić information content (AvgIpc) is 3.46. The smallest absolute Gasteiger partial charge is 0.237 e. The highest BCUT2D eigenvalue weighted by atomic mass is 16.2. The van der Waals surface area contributed by atoms with Crippen molar-refractivity contribution in [1.82, 2.24) is 20.4 Å². The Hall–Kier alpha value is -1.14. The molecule has 6 heteroatoms. The summed E-state index contributed by atoms with van der Waals surface area (Å²) in [6, 6.07) is 0.601. The molecule has 0 aromatic carbocycles. The first-order valence-corrected chi connectivity index (χ1v) is 10.5. The van der Waals surface area contributed by atoms with Crippen LogP contribution >= 0.6 is 0 Å². The lowest BCUT2D eigenvalue weighted by Crippen LogP contribution is -2.58. The van der Waals surface area contributed by atoms with Gasteiger partial charge in [0.05, 0.1) is 12.1 Å². The Morgan fingerprint density at radius 2 is 1.08 bits per heavy atom. The maximum Gasteiger partial charge on any atom is 0.237 e. The van der Waals surface area contributed by atoms with Crippen molar-refractivity contribution in [1.29, 1.82) is 0 Å². The predicted molar refractivity (Wildman–Crippen MR) is 103 cm³/mol. The molecule has 148 valence electrons. The van der Waals surface area contributed by atoms with E-state index >= 15 is 0 Å². The van der Waals surface area contributed by atoms with E-state index in [0.717, 1.165) is 57.8 Å². The average molecular weight is 365 g/mol. The van der Waals surface area contributed by atoms with E-state index in [1.165, 1.54) is 12.8 Å². The summed E-state index contributed by atoms with van der Waals surface area (Å²) < 4.78 is 0. The second-order valence-electron chi connectivity index (χ2n) is 8.67. The van der Waals surface area contributed by atoms with Gasteiger partial charge >= 0.3 is 0 Å². The number of hydrogen-bond acceptors (Lipinski definition) is 4. The van der Waals surface area contributed by atoms with Gasteiger partial charge in [-0.1, -0.05) is 6.92 Å². The molecule has 2 atom stereocenters. The molecule has 0 aromatic heterocycles. The van der Waals surface area contributed by atoms with Gasteiger partial charge in [-0.2, -0.15) is 0 Å². The van der Waals surface area contributed by atoms with Crippen LogP contribution in [0.1, 0.15) is 59.3 Å². The largest absolute Gasteiger partial charge is 0.352 e. The Labute approximate surface area is 158 Å². The number of nitrogens with zero attached hydrogens (tertiary/aromatic N) is 2. The minimum absolute atomic E-state index is 0.0777. The summed E-state index contributed by atoms with van der Waals surface area (Å²) in [6.45, 7) is 9.68. The molecule has 2 unspecified atom stereocenters. The van der Waals surface area contributed by atoms with E-state index in [-0.39, 0.29) is 23.9 Å². The van der Waals surface area contributed by atoms with E-state index in [2.05, 4.69) is 27.4 Å². The van der Waals surface area contributed by atoms with E-state index in [9.17, 15) is 9.59 Å². The molecular formula is C20H36N4O2. The molecule has 3 aliphatic rings. The van der Waals surface area contributed by atoms with Crippen molar-refractivity contribution in [2.45, 2.75) is 83.5 Å². The molecule has 1 aliphatic heterocycles. The quantitative estimate of drug-likeness (QED) is 0.747. The minimum atomic E-state index is -0.0907. The third-order valence-corrected chi connectivity index (χ3v) is 6.49. The SMILES string of the molecule is CC1CCC(NC(=O)C(C)N2CCN(C(C)C(=O)NC3CC3)CC2)CC1. The summed E-state index contributed by atoms with van der Waals surface area (Å²) in [5.74, 6) is 1.11. The van der Waals surface area contributed by atoms with E-state index in [4.69, 9.17) is 0 Å². The molecule has 1 heterocycles. The van der Waals surface area contributed by atoms with E-state index in [1.54, 1.807) is 0 Å². The number of carbonyl (C=O) groups excluding carboxylic acids is 2. The van der Waals surface area contributed by atoms with Gasteiger partial charge < -0.3 is 10.6 Å². The maximum absolute atomic E-state index is 12.6. The Bertz CT molecular complexity index is 492. The lowest BCUT2D eigenvalue weighted by molar-refractivity contribution is -0.130. The summed E-state index contributed by atoms with van der Waals surface area (Å²) in [7, 11) is 0. The normalized spacial score (nSPS) is 30.4. The van der Waals surface area contributed by atoms with Crippen LogP contribution in [0.4, 0.5) is 0 Å². The van der Waals surface area contributed by atoms with Gasteiger partial charge in [0.2, 0.25) is 11.8 Å². The van der Waals surface area contributed by atoms with Gasteiger partial charge in [-0.05, 0) is 58.3 Å². The monoisotopic (exact) mass is 364 g/mol. The van der Waals surface area contributed by atoms with Crippen LogP contribution in [-0.4, -0.2) is 72.0 Å². The van der Waals surface area contributed by atoms with Crippen molar-refractivity contribution in [3.63, 3.8) is 0 Å². The van der Waals surface area contributed by atoms with Gasteiger partial charge in [-0.25, -0.2) is 0 Å². The molecule has 3 rings (SSSR count). The lowest BCUT2D eigenvalue weighted by atomic mass is 9.87. The van der Waals surface area contributed by atoms with Crippen molar-refractivity contribution >= 4 is 11.8 Å². The Morgan fingerprint density at radius 3 is 1.42 bits per heavy atom. The second kappa shape index (κ2) is 8.70. The Morgan fingerprint density at radius 1 is 0.731 bits per heavy atom. The van der Waals surface area contributed by atoms with E-state index in [1.807, 2.05) is 13.8 Å². The summed E-state index contributed by atoms with van der Waals surface area (Å²) in [6.07, 6.45) is 6.91. The molecule has 0 bridgehead atoms. The fraction of sp³-hybridized carbons (Fsp3) is 0.900. The topological polar surface area (TPSA) is 64.7 Å².